The molecule has 0 radical (unpaired) electrons. The summed E-state index contributed by atoms with van der Waals surface area (Å²) in [7, 11) is 2.80. The van der Waals surface area contributed by atoms with Gasteiger partial charge in [-0.2, -0.15) is 0 Å². The first-order valence-electron chi connectivity index (χ1n) is 4.22. The van der Waals surface area contributed by atoms with Crippen LogP contribution in [0.4, 0.5) is 0 Å². The zero-order valence-electron chi connectivity index (χ0n) is 7.31. The third-order valence-corrected chi connectivity index (χ3v) is 2.54. The van der Waals surface area contributed by atoms with Crippen LogP contribution in [-0.2, 0) is 4.79 Å². The predicted octanol–water partition coefficient (Wildman–Crippen LogP) is 1.77. The number of hydrogen-bond acceptors (Lipinski definition) is 1. The van der Waals surface area contributed by atoms with Gasteiger partial charge in [0.15, 0.2) is 0 Å². The lowest BCUT2D eigenvalue weighted by atomic mass is 10.1. The summed E-state index contributed by atoms with van der Waals surface area (Å²) in [5, 5.41) is 8.27. The van der Waals surface area contributed by atoms with E-state index in [2.05, 4.69) is 33.5 Å². The molecule has 0 heterocycles. The van der Waals surface area contributed by atoms with Crippen LogP contribution in [0.15, 0.2) is 24.3 Å². The molecule has 0 bridgehead atoms. The van der Waals surface area contributed by atoms with Crippen molar-refractivity contribution < 1.29 is 9.90 Å². The first kappa shape index (κ1) is 10.2. The summed E-state index contributed by atoms with van der Waals surface area (Å²) in [6.45, 7) is -0.250. The predicted molar refractivity (Wildman–Crippen MR) is 56.5 cm³/mol. The number of benzene rings is 1. The van der Waals surface area contributed by atoms with Crippen LogP contribution in [0.25, 0.3) is 0 Å². The Morgan fingerprint density at radius 1 is 1.38 bits per heavy atom. The van der Waals surface area contributed by atoms with Crippen LogP contribution in [0.1, 0.15) is 24.3 Å². The number of carbonyl (C=O) groups is 1. The van der Waals surface area contributed by atoms with Gasteiger partial charge in [-0.3, -0.25) is 4.79 Å². The van der Waals surface area contributed by atoms with Crippen LogP contribution in [0.5, 0.6) is 0 Å². The molecule has 1 N–H and O–H groups in total. The molecule has 0 saturated heterocycles. The Balaban J connectivity index is 0.000000251. The van der Waals surface area contributed by atoms with E-state index in [1.165, 1.54) is 23.7 Å². The lowest BCUT2D eigenvalue weighted by Gasteiger charge is -2.00. The molecule has 1 saturated carbocycles. The van der Waals surface area contributed by atoms with Crippen LogP contribution in [0, 0.1) is 0 Å². The zero-order valence-corrected chi connectivity index (χ0v) is 8.47. The van der Waals surface area contributed by atoms with Crippen molar-refractivity contribution in [1.29, 1.82) is 0 Å². The number of hydrogen-bond donors (Lipinski definition) is 1. The van der Waals surface area contributed by atoms with Crippen molar-refractivity contribution in [1.82, 2.24) is 0 Å². The average Bonchev–Trinajstić information content (AvgIpc) is 2.89. The maximum atomic E-state index is 8.36. The summed E-state index contributed by atoms with van der Waals surface area (Å²) < 4.78 is 0. The Bertz CT molecular complexity index is 282. The van der Waals surface area contributed by atoms with Gasteiger partial charge in [0.05, 0.1) is 0 Å². The number of rotatable bonds is 1. The van der Waals surface area contributed by atoms with E-state index in [0.717, 1.165) is 5.92 Å². The molecular formula is C10H13O2P. The minimum Gasteiger partial charge on any atom is -0.483 e. The standard InChI is InChI=1S/C9H11P.CH2O2/c10-9-4-2-1-3-8(9)7-5-6-7;2-1-3/h1-4,7H,5-6,10H2;1H,(H,2,3). The molecule has 0 spiro atoms. The quantitative estimate of drug-likeness (QED) is 0.549. The normalized spacial score (nSPS) is 14.2. The van der Waals surface area contributed by atoms with Crippen molar-refractivity contribution in [3.05, 3.63) is 29.8 Å². The summed E-state index contributed by atoms with van der Waals surface area (Å²) in [4.78, 5) is 8.36. The summed E-state index contributed by atoms with van der Waals surface area (Å²) in [5.74, 6) is 0.883. The highest BCUT2D eigenvalue weighted by molar-refractivity contribution is 7.27. The van der Waals surface area contributed by atoms with Crippen LogP contribution in [0.2, 0.25) is 0 Å². The van der Waals surface area contributed by atoms with Gasteiger partial charge in [-0.1, -0.05) is 24.3 Å². The van der Waals surface area contributed by atoms with Crippen molar-refractivity contribution in [2.75, 3.05) is 0 Å². The average molecular weight is 196 g/mol. The highest BCUT2D eigenvalue weighted by Gasteiger charge is 2.24. The van der Waals surface area contributed by atoms with E-state index in [4.69, 9.17) is 9.90 Å². The Morgan fingerprint density at radius 3 is 2.38 bits per heavy atom. The molecule has 70 valence electrons. The summed E-state index contributed by atoms with van der Waals surface area (Å²) in [6, 6.07) is 8.62. The van der Waals surface area contributed by atoms with Crippen molar-refractivity contribution in [2.45, 2.75) is 18.8 Å². The van der Waals surface area contributed by atoms with Crippen LogP contribution in [0.3, 0.4) is 0 Å². The van der Waals surface area contributed by atoms with Gasteiger partial charge >= 0.3 is 0 Å². The molecule has 0 amide bonds. The van der Waals surface area contributed by atoms with Crippen molar-refractivity contribution in [3.63, 3.8) is 0 Å². The first-order valence-corrected chi connectivity index (χ1v) is 4.79. The zero-order chi connectivity index (χ0) is 9.68. The highest BCUT2D eigenvalue weighted by Crippen LogP contribution is 2.39. The van der Waals surface area contributed by atoms with Gasteiger partial charge in [0.25, 0.3) is 6.47 Å². The fourth-order valence-electron chi connectivity index (χ4n) is 1.28. The maximum Gasteiger partial charge on any atom is 0.290 e. The largest absolute Gasteiger partial charge is 0.483 e. The number of carboxylic acid groups (broad SMARTS) is 1. The van der Waals surface area contributed by atoms with Crippen molar-refractivity contribution >= 4 is 21.0 Å². The Morgan fingerprint density at radius 2 is 1.92 bits per heavy atom. The Hall–Kier alpha value is -0.880. The molecule has 1 fully saturated rings. The second-order valence-electron chi connectivity index (χ2n) is 3.01. The Kier molecular flexibility index (Phi) is 3.91. The lowest BCUT2D eigenvalue weighted by molar-refractivity contribution is -0.122. The molecular weight excluding hydrogens is 183 g/mol. The lowest BCUT2D eigenvalue weighted by Crippen LogP contribution is -1.97. The van der Waals surface area contributed by atoms with Gasteiger partial charge in [-0.15, -0.1) is 9.24 Å². The smallest absolute Gasteiger partial charge is 0.290 e. The van der Waals surface area contributed by atoms with Gasteiger partial charge in [0.1, 0.15) is 0 Å². The molecule has 13 heavy (non-hydrogen) atoms. The van der Waals surface area contributed by atoms with Gasteiger partial charge in [-0.25, -0.2) is 0 Å². The fraction of sp³-hybridized carbons (Fsp3) is 0.300. The molecule has 0 aliphatic heterocycles. The molecule has 2 nitrogen and oxygen atoms in total. The second kappa shape index (κ2) is 4.98. The van der Waals surface area contributed by atoms with E-state index in [-0.39, 0.29) is 6.47 Å². The van der Waals surface area contributed by atoms with E-state index >= 15 is 0 Å². The molecule has 1 aromatic rings. The third-order valence-electron chi connectivity index (χ3n) is 2.01. The van der Waals surface area contributed by atoms with Crippen molar-refractivity contribution in [2.24, 2.45) is 0 Å². The van der Waals surface area contributed by atoms with Gasteiger partial charge in [0.2, 0.25) is 0 Å². The minimum absolute atomic E-state index is 0.250. The van der Waals surface area contributed by atoms with Crippen LogP contribution < -0.4 is 5.30 Å². The summed E-state index contributed by atoms with van der Waals surface area (Å²) in [6.07, 6.45) is 2.79. The van der Waals surface area contributed by atoms with E-state index in [1.54, 1.807) is 0 Å². The third kappa shape index (κ3) is 3.16. The van der Waals surface area contributed by atoms with Gasteiger partial charge in [0, 0.05) is 0 Å². The van der Waals surface area contributed by atoms with Crippen molar-refractivity contribution in [3.8, 4) is 0 Å². The SMILES string of the molecule is O=CO.Pc1ccccc1C1CC1. The summed E-state index contributed by atoms with van der Waals surface area (Å²) in [5.41, 5.74) is 1.53. The molecule has 1 unspecified atom stereocenters. The van der Waals surface area contributed by atoms with E-state index in [9.17, 15) is 0 Å². The highest BCUT2D eigenvalue weighted by atomic mass is 31.0. The van der Waals surface area contributed by atoms with E-state index in [0.29, 0.717) is 0 Å². The van der Waals surface area contributed by atoms with Crippen LogP contribution in [-0.4, -0.2) is 11.6 Å². The summed E-state index contributed by atoms with van der Waals surface area (Å²) >= 11 is 0. The molecule has 2 rings (SSSR count). The molecule has 3 heteroatoms. The molecule has 1 atom stereocenters. The van der Waals surface area contributed by atoms with Gasteiger partial charge < -0.3 is 5.11 Å². The monoisotopic (exact) mass is 196 g/mol. The van der Waals surface area contributed by atoms with E-state index < -0.39 is 0 Å². The molecule has 1 aliphatic carbocycles. The van der Waals surface area contributed by atoms with E-state index in [1.807, 2.05) is 0 Å². The Labute approximate surface area is 80.2 Å². The first-order chi connectivity index (χ1) is 6.29. The minimum atomic E-state index is -0.250. The van der Waals surface area contributed by atoms with Gasteiger partial charge in [-0.05, 0) is 29.6 Å². The topological polar surface area (TPSA) is 37.3 Å². The fourth-order valence-corrected chi connectivity index (χ4v) is 1.72. The second-order valence-corrected chi connectivity index (χ2v) is 3.63. The van der Waals surface area contributed by atoms with Crippen LogP contribution >= 0.6 is 9.24 Å². The molecule has 1 aromatic carbocycles. The maximum absolute atomic E-state index is 8.36. The molecule has 0 aromatic heterocycles. The molecule has 1 aliphatic rings.